The summed E-state index contributed by atoms with van der Waals surface area (Å²) in [5.74, 6) is 0.0844. The number of nitrogens with one attached hydrogen (secondary N) is 1. The van der Waals surface area contributed by atoms with Crippen LogP contribution in [0.3, 0.4) is 0 Å². The molecule has 1 amide bonds. The van der Waals surface area contributed by atoms with Crippen molar-refractivity contribution in [2.75, 3.05) is 38.8 Å². The lowest BCUT2D eigenvalue weighted by Crippen LogP contribution is -2.36. The van der Waals surface area contributed by atoms with Crippen molar-refractivity contribution in [2.45, 2.75) is 0 Å². The van der Waals surface area contributed by atoms with Crippen LogP contribution in [0.4, 0.5) is 5.69 Å². The minimum Gasteiger partial charge on any atom is -0.508 e. The number of phenols is 1. The third kappa shape index (κ3) is 4.42. The first-order valence-corrected chi connectivity index (χ1v) is 5.40. The van der Waals surface area contributed by atoms with Crippen molar-refractivity contribution in [3.05, 3.63) is 24.3 Å². The van der Waals surface area contributed by atoms with Crippen LogP contribution in [0.1, 0.15) is 0 Å². The number of likely N-dealkylation sites (N-methyl/N-ethyl adjacent to an activating group) is 1. The van der Waals surface area contributed by atoms with Crippen molar-refractivity contribution in [1.29, 1.82) is 0 Å². The predicted molar refractivity (Wildman–Crippen MR) is 66.3 cm³/mol. The highest BCUT2D eigenvalue weighted by atomic mass is 16.5. The smallest absolute Gasteiger partial charge is 0.240 e. The summed E-state index contributed by atoms with van der Waals surface area (Å²) in [7, 11) is 3.29. The van der Waals surface area contributed by atoms with Crippen LogP contribution in [-0.2, 0) is 9.53 Å². The molecule has 1 aromatic carbocycles. The second kappa shape index (κ2) is 6.88. The molecule has 17 heavy (non-hydrogen) atoms. The largest absolute Gasteiger partial charge is 0.508 e. The number of aromatic hydroxyl groups is 1. The monoisotopic (exact) mass is 238 g/mol. The molecule has 0 radical (unpaired) electrons. The summed E-state index contributed by atoms with van der Waals surface area (Å²) in [4.78, 5) is 13.3. The van der Waals surface area contributed by atoms with E-state index in [1.54, 1.807) is 38.4 Å². The number of rotatable bonds is 6. The first kappa shape index (κ1) is 13.5. The van der Waals surface area contributed by atoms with Gasteiger partial charge in [-0.3, -0.25) is 4.79 Å². The van der Waals surface area contributed by atoms with Crippen molar-refractivity contribution in [1.82, 2.24) is 5.32 Å². The quantitative estimate of drug-likeness (QED) is 0.712. The number of carbonyl (C=O) groups excluding carboxylic acids is 1. The van der Waals surface area contributed by atoms with E-state index in [1.807, 2.05) is 0 Å². The minimum absolute atomic E-state index is 0.0632. The molecule has 0 bridgehead atoms. The lowest BCUT2D eigenvalue weighted by Gasteiger charge is -2.17. The Labute approximate surface area is 101 Å². The fraction of sp³-hybridized carbons (Fsp3) is 0.417. The van der Waals surface area contributed by atoms with Crippen molar-refractivity contribution in [3.8, 4) is 5.75 Å². The average molecular weight is 238 g/mol. The molecule has 0 saturated heterocycles. The molecule has 1 rings (SSSR count). The van der Waals surface area contributed by atoms with Crippen LogP contribution >= 0.6 is 0 Å². The van der Waals surface area contributed by atoms with E-state index in [4.69, 9.17) is 4.74 Å². The van der Waals surface area contributed by atoms with Gasteiger partial charge in [-0.25, -0.2) is 0 Å². The first-order valence-electron chi connectivity index (χ1n) is 5.40. The molecule has 94 valence electrons. The summed E-state index contributed by atoms with van der Waals surface area (Å²) in [5.41, 5.74) is 0.670. The molecule has 0 aliphatic carbocycles. The van der Waals surface area contributed by atoms with E-state index in [1.165, 1.54) is 4.90 Å². The number of hydrogen-bond donors (Lipinski definition) is 2. The van der Waals surface area contributed by atoms with Gasteiger partial charge in [-0.2, -0.15) is 0 Å². The molecule has 0 atom stereocenters. The zero-order valence-electron chi connectivity index (χ0n) is 10.1. The second-order valence-corrected chi connectivity index (χ2v) is 3.64. The maximum atomic E-state index is 11.8. The topological polar surface area (TPSA) is 61.8 Å². The lowest BCUT2D eigenvalue weighted by atomic mass is 10.3. The Balaban J connectivity index is 2.46. The molecule has 0 unspecified atom stereocenters. The van der Waals surface area contributed by atoms with E-state index in [9.17, 15) is 9.90 Å². The van der Waals surface area contributed by atoms with Gasteiger partial charge in [-0.1, -0.05) is 6.07 Å². The number of phenolic OH excluding ortho intramolecular Hbond substituents is 1. The SMILES string of the molecule is COCCNCC(=O)N(C)c1cccc(O)c1. The number of ether oxygens (including phenoxy) is 1. The van der Waals surface area contributed by atoms with E-state index < -0.39 is 0 Å². The van der Waals surface area contributed by atoms with Gasteiger partial charge in [0.1, 0.15) is 5.75 Å². The number of benzene rings is 1. The molecular formula is C12H18N2O3. The van der Waals surface area contributed by atoms with Crippen LogP contribution in [0.25, 0.3) is 0 Å². The number of carbonyl (C=O) groups is 1. The van der Waals surface area contributed by atoms with Gasteiger partial charge in [0.05, 0.1) is 13.2 Å². The molecule has 0 aromatic heterocycles. The van der Waals surface area contributed by atoms with Gasteiger partial charge >= 0.3 is 0 Å². The molecule has 5 nitrogen and oxygen atoms in total. The number of methoxy groups -OCH3 is 1. The summed E-state index contributed by atoms with van der Waals surface area (Å²) < 4.78 is 4.86. The third-order valence-electron chi connectivity index (χ3n) is 2.35. The Hall–Kier alpha value is -1.59. The molecule has 0 fully saturated rings. The van der Waals surface area contributed by atoms with Gasteiger partial charge in [-0.05, 0) is 12.1 Å². The summed E-state index contributed by atoms with van der Waals surface area (Å²) >= 11 is 0. The van der Waals surface area contributed by atoms with E-state index in [2.05, 4.69) is 5.32 Å². The fourth-order valence-corrected chi connectivity index (χ4v) is 1.33. The van der Waals surface area contributed by atoms with E-state index in [0.717, 1.165) is 0 Å². The molecule has 0 heterocycles. The molecule has 2 N–H and O–H groups in total. The van der Waals surface area contributed by atoms with Crippen molar-refractivity contribution in [3.63, 3.8) is 0 Å². The van der Waals surface area contributed by atoms with E-state index >= 15 is 0 Å². The van der Waals surface area contributed by atoms with Gasteiger partial charge in [0.25, 0.3) is 0 Å². The lowest BCUT2D eigenvalue weighted by molar-refractivity contribution is -0.117. The highest BCUT2D eigenvalue weighted by Gasteiger charge is 2.10. The first-order chi connectivity index (χ1) is 8.15. The summed E-state index contributed by atoms with van der Waals surface area (Å²) in [6, 6.07) is 6.59. The zero-order chi connectivity index (χ0) is 12.7. The van der Waals surface area contributed by atoms with E-state index in [0.29, 0.717) is 18.8 Å². The van der Waals surface area contributed by atoms with Crippen molar-refractivity contribution >= 4 is 11.6 Å². The van der Waals surface area contributed by atoms with Gasteiger partial charge < -0.3 is 20.1 Å². The fourth-order valence-electron chi connectivity index (χ4n) is 1.33. The summed E-state index contributed by atoms with van der Waals surface area (Å²) in [6.45, 7) is 1.45. The Kier molecular flexibility index (Phi) is 5.45. The highest BCUT2D eigenvalue weighted by Crippen LogP contribution is 2.18. The van der Waals surface area contributed by atoms with E-state index in [-0.39, 0.29) is 18.2 Å². The zero-order valence-corrected chi connectivity index (χ0v) is 10.1. The minimum atomic E-state index is -0.0632. The summed E-state index contributed by atoms with van der Waals surface area (Å²) in [5, 5.41) is 12.3. The molecule has 0 saturated carbocycles. The molecule has 5 heteroatoms. The number of nitrogens with zero attached hydrogens (tertiary/aromatic N) is 1. The maximum absolute atomic E-state index is 11.8. The van der Waals surface area contributed by atoms with Gasteiger partial charge in [0.2, 0.25) is 5.91 Å². The van der Waals surface area contributed by atoms with Crippen LogP contribution in [0.15, 0.2) is 24.3 Å². The average Bonchev–Trinajstić information content (AvgIpc) is 2.33. The highest BCUT2D eigenvalue weighted by molar-refractivity contribution is 5.94. The van der Waals surface area contributed by atoms with Crippen molar-refractivity contribution in [2.24, 2.45) is 0 Å². The second-order valence-electron chi connectivity index (χ2n) is 3.64. The Morgan fingerprint density at radius 3 is 2.94 bits per heavy atom. The molecule has 0 spiro atoms. The normalized spacial score (nSPS) is 10.2. The number of hydrogen-bond acceptors (Lipinski definition) is 4. The molecule has 0 aliphatic heterocycles. The number of anilines is 1. The van der Waals surface area contributed by atoms with Crippen LogP contribution in [0.5, 0.6) is 5.75 Å². The van der Waals surface area contributed by atoms with Crippen LogP contribution in [-0.4, -0.2) is 44.9 Å². The Morgan fingerprint density at radius 2 is 2.29 bits per heavy atom. The molecular weight excluding hydrogens is 220 g/mol. The molecule has 1 aromatic rings. The maximum Gasteiger partial charge on any atom is 0.240 e. The summed E-state index contributed by atoms with van der Waals surface area (Å²) in [6.07, 6.45) is 0. The molecule has 0 aliphatic rings. The standard InChI is InChI=1S/C12H18N2O3/c1-14(10-4-3-5-11(15)8-10)12(16)9-13-6-7-17-2/h3-5,8,13,15H,6-7,9H2,1-2H3. The van der Waals surface area contributed by atoms with Crippen LogP contribution in [0.2, 0.25) is 0 Å². The van der Waals surface area contributed by atoms with Crippen LogP contribution in [0, 0.1) is 0 Å². The number of amides is 1. The van der Waals surface area contributed by atoms with Gasteiger partial charge in [0.15, 0.2) is 0 Å². The Morgan fingerprint density at radius 1 is 1.53 bits per heavy atom. The van der Waals surface area contributed by atoms with Gasteiger partial charge in [-0.15, -0.1) is 0 Å². The van der Waals surface area contributed by atoms with Gasteiger partial charge in [0, 0.05) is 32.5 Å². The Bertz CT molecular complexity index is 369. The third-order valence-corrected chi connectivity index (χ3v) is 2.35. The predicted octanol–water partition coefficient (Wildman–Crippen LogP) is 0.591. The van der Waals surface area contributed by atoms with Crippen LogP contribution < -0.4 is 10.2 Å². The van der Waals surface area contributed by atoms with Crippen molar-refractivity contribution < 1.29 is 14.6 Å².